The summed E-state index contributed by atoms with van der Waals surface area (Å²) >= 11 is 9.30. The number of fused-ring (bicyclic) bond motifs is 1. The average Bonchev–Trinajstić information content (AvgIpc) is 2.75. The molecule has 3 nitrogen and oxygen atoms in total. The lowest BCUT2D eigenvalue weighted by atomic mass is 10.2. The zero-order chi connectivity index (χ0) is 12.7. The van der Waals surface area contributed by atoms with Gasteiger partial charge in [-0.15, -0.1) is 0 Å². The predicted octanol–water partition coefficient (Wildman–Crippen LogP) is 4.49. The summed E-state index contributed by atoms with van der Waals surface area (Å²) < 4.78 is 6.49. The monoisotopic (exact) mass is 322 g/mol. The van der Waals surface area contributed by atoms with Crippen LogP contribution in [0.5, 0.6) is 0 Å². The van der Waals surface area contributed by atoms with E-state index in [1.165, 1.54) is 0 Å². The number of hydrogen-bond acceptors (Lipinski definition) is 3. The van der Waals surface area contributed by atoms with Gasteiger partial charge in [-0.25, -0.2) is 4.98 Å². The van der Waals surface area contributed by atoms with Gasteiger partial charge in [0, 0.05) is 9.50 Å². The Balaban J connectivity index is 2.22. The van der Waals surface area contributed by atoms with Crippen LogP contribution in [0, 0.1) is 0 Å². The molecular weight excluding hydrogens is 316 g/mol. The number of para-hydroxylation sites is 1. The molecule has 0 bridgehead atoms. The van der Waals surface area contributed by atoms with Crippen molar-refractivity contribution in [2.24, 2.45) is 0 Å². The van der Waals surface area contributed by atoms with Gasteiger partial charge < -0.3 is 10.2 Å². The van der Waals surface area contributed by atoms with E-state index < -0.39 is 0 Å². The first-order valence-electron chi connectivity index (χ1n) is 5.25. The molecular formula is C13H8BrClN2O. The third kappa shape index (κ3) is 1.87. The van der Waals surface area contributed by atoms with Crippen LogP contribution in [0.15, 0.2) is 45.3 Å². The van der Waals surface area contributed by atoms with Crippen molar-refractivity contribution < 1.29 is 4.42 Å². The summed E-state index contributed by atoms with van der Waals surface area (Å²) in [6.07, 6.45) is 0. The van der Waals surface area contributed by atoms with Gasteiger partial charge in [0.25, 0.3) is 0 Å². The number of hydrogen-bond donors (Lipinski definition) is 1. The molecule has 18 heavy (non-hydrogen) atoms. The van der Waals surface area contributed by atoms with Crippen LogP contribution in [-0.2, 0) is 0 Å². The fourth-order valence-electron chi connectivity index (χ4n) is 1.74. The zero-order valence-corrected chi connectivity index (χ0v) is 11.5. The van der Waals surface area contributed by atoms with Gasteiger partial charge in [0.05, 0.1) is 11.3 Å². The molecule has 0 radical (unpaired) electrons. The molecule has 3 aromatic rings. The summed E-state index contributed by atoms with van der Waals surface area (Å²) in [5.74, 6) is 0.492. The van der Waals surface area contributed by atoms with Crippen molar-refractivity contribution in [1.82, 2.24) is 4.98 Å². The number of benzene rings is 2. The van der Waals surface area contributed by atoms with Crippen molar-refractivity contribution in [3.63, 3.8) is 0 Å². The minimum Gasteiger partial charge on any atom is -0.436 e. The van der Waals surface area contributed by atoms with Crippen molar-refractivity contribution in [2.75, 3.05) is 5.73 Å². The highest BCUT2D eigenvalue weighted by atomic mass is 79.9. The van der Waals surface area contributed by atoms with Crippen LogP contribution >= 0.6 is 27.5 Å². The molecule has 1 aromatic heterocycles. The highest BCUT2D eigenvalue weighted by Gasteiger charge is 2.12. The predicted molar refractivity (Wildman–Crippen MR) is 76.6 cm³/mol. The summed E-state index contributed by atoms with van der Waals surface area (Å²) in [4.78, 5) is 4.39. The molecule has 0 amide bonds. The number of nitrogens with zero attached hydrogens (tertiary/aromatic N) is 1. The maximum Gasteiger partial charge on any atom is 0.229 e. The Hall–Kier alpha value is -1.52. The van der Waals surface area contributed by atoms with Crippen LogP contribution in [0.25, 0.3) is 22.6 Å². The molecule has 0 aliphatic heterocycles. The van der Waals surface area contributed by atoms with Crippen LogP contribution < -0.4 is 5.73 Å². The van der Waals surface area contributed by atoms with Gasteiger partial charge in [0.1, 0.15) is 5.52 Å². The van der Waals surface area contributed by atoms with Gasteiger partial charge in [-0.05, 0) is 46.3 Å². The second-order valence-corrected chi connectivity index (χ2v) is 5.12. The Morgan fingerprint density at radius 1 is 1.22 bits per heavy atom. The van der Waals surface area contributed by atoms with Crippen molar-refractivity contribution in [1.29, 1.82) is 0 Å². The summed E-state index contributed by atoms with van der Waals surface area (Å²) in [6.45, 7) is 0. The third-order valence-electron chi connectivity index (χ3n) is 2.63. The number of anilines is 1. The zero-order valence-electron chi connectivity index (χ0n) is 9.15. The minimum atomic E-state index is 0.492. The molecule has 0 spiro atoms. The van der Waals surface area contributed by atoms with Crippen LogP contribution in [0.3, 0.4) is 0 Å². The van der Waals surface area contributed by atoms with E-state index in [1.54, 1.807) is 18.2 Å². The van der Waals surface area contributed by atoms with Gasteiger partial charge in [0.2, 0.25) is 5.89 Å². The van der Waals surface area contributed by atoms with Gasteiger partial charge in [-0.1, -0.05) is 17.7 Å². The highest BCUT2D eigenvalue weighted by Crippen LogP contribution is 2.33. The first-order chi connectivity index (χ1) is 8.65. The maximum absolute atomic E-state index is 5.99. The lowest BCUT2D eigenvalue weighted by Gasteiger charge is -2.02. The fourth-order valence-corrected chi connectivity index (χ4v) is 2.27. The number of nitrogen functional groups attached to an aromatic ring is 1. The molecule has 2 aromatic carbocycles. The van der Waals surface area contributed by atoms with E-state index in [0.717, 1.165) is 15.6 Å². The minimum absolute atomic E-state index is 0.492. The molecule has 1 heterocycles. The second-order valence-electron chi connectivity index (χ2n) is 3.83. The van der Waals surface area contributed by atoms with Crippen LogP contribution in [0.1, 0.15) is 0 Å². The molecule has 3 rings (SSSR count). The highest BCUT2D eigenvalue weighted by molar-refractivity contribution is 9.10. The van der Waals surface area contributed by atoms with E-state index in [9.17, 15) is 0 Å². The van der Waals surface area contributed by atoms with Crippen molar-refractivity contribution in [2.45, 2.75) is 0 Å². The fraction of sp³-hybridized carbons (Fsp3) is 0. The Labute approximate surface area is 117 Å². The Morgan fingerprint density at radius 2 is 2.06 bits per heavy atom. The number of halogens is 2. The Kier molecular flexibility index (Phi) is 2.76. The van der Waals surface area contributed by atoms with E-state index in [2.05, 4.69) is 20.9 Å². The van der Waals surface area contributed by atoms with Gasteiger partial charge >= 0.3 is 0 Å². The second kappa shape index (κ2) is 4.30. The molecule has 0 unspecified atom stereocenters. The van der Waals surface area contributed by atoms with Crippen LogP contribution in [0.2, 0.25) is 5.02 Å². The van der Waals surface area contributed by atoms with E-state index >= 15 is 0 Å². The molecule has 0 saturated heterocycles. The molecule has 0 aliphatic carbocycles. The SMILES string of the molecule is Nc1c(Br)cccc1-c1nc2cc(Cl)ccc2o1. The lowest BCUT2D eigenvalue weighted by molar-refractivity contribution is 0.620. The van der Waals surface area contributed by atoms with Crippen LogP contribution in [0.4, 0.5) is 5.69 Å². The van der Waals surface area contributed by atoms with E-state index in [4.69, 9.17) is 21.8 Å². The Bertz CT molecular complexity index is 739. The third-order valence-corrected chi connectivity index (χ3v) is 3.56. The summed E-state index contributed by atoms with van der Waals surface area (Å²) in [5, 5.41) is 0.629. The number of rotatable bonds is 1. The van der Waals surface area contributed by atoms with Crippen molar-refractivity contribution in [3.8, 4) is 11.5 Å². The molecule has 2 N–H and O–H groups in total. The number of nitrogens with two attached hydrogens (primary N) is 1. The average molecular weight is 324 g/mol. The normalized spacial score (nSPS) is 11.0. The first kappa shape index (κ1) is 11.6. The van der Waals surface area contributed by atoms with E-state index in [1.807, 2.05) is 18.2 Å². The molecule has 0 fully saturated rings. The van der Waals surface area contributed by atoms with E-state index in [0.29, 0.717) is 22.2 Å². The summed E-state index contributed by atoms with van der Waals surface area (Å²) in [5.41, 5.74) is 8.77. The summed E-state index contributed by atoms with van der Waals surface area (Å²) in [6, 6.07) is 11.0. The topological polar surface area (TPSA) is 52.0 Å². The summed E-state index contributed by atoms with van der Waals surface area (Å²) in [7, 11) is 0. The first-order valence-corrected chi connectivity index (χ1v) is 6.43. The number of oxazole rings is 1. The number of aromatic nitrogens is 1. The molecule has 90 valence electrons. The Morgan fingerprint density at radius 3 is 2.89 bits per heavy atom. The molecule has 0 aliphatic rings. The molecule has 0 saturated carbocycles. The van der Waals surface area contributed by atoms with Gasteiger partial charge in [-0.3, -0.25) is 0 Å². The smallest absolute Gasteiger partial charge is 0.229 e. The quantitative estimate of drug-likeness (QED) is 0.671. The molecule has 5 heteroatoms. The molecule has 0 atom stereocenters. The standard InChI is InChI=1S/C13H8BrClN2O/c14-9-3-1-2-8(12(9)16)13-17-10-6-7(15)4-5-11(10)18-13/h1-6H,16H2. The maximum atomic E-state index is 5.99. The van der Waals surface area contributed by atoms with Crippen molar-refractivity contribution >= 4 is 44.3 Å². The largest absolute Gasteiger partial charge is 0.436 e. The van der Waals surface area contributed by atoms with Crippen LogP contribution in [-0.4, -0.2) is 4.98 Å². The van der Waals surface area contributed by atoms with Crippen molar-refractivity contribution in [3.05, 3.63) is 45.9 Å². The van der Waals surface area contributed by atoms with Gasteiger partial charge in [0.15, 0.2) is 5.58 Å². The van der Waals surface area contributed by atoms with Gasteiger partial charge in [-0.2, -0.15) is 0 Å². The lowest BCUT2D eigenvalue weighted by Crippen LogP contribution is -1.91. The van der Waals surface area contributed by atoms with E-state index in [-0.39, 0.29) is 0 Å².